The molecule has 30 heavy (non-hydrogen) atoms. The van der Waals surface area contributed by atoms with E-state index in [0.29, 0.717) is 12.1 Å². The quantitative estimate of drug-likeness (QED) is 0.694. The van der Waals surface area contributed by atoms with E-state index in [-0.39, 0.29) is 17.4 Å². The maximum Gasteiger partial charge on any atom is 0.259 e. The molecular weight excluding hydrogens is 374 g/mol. The molecule has 0 bridgehead atoms. The predicted octanol–water partition coefficient (Wildman–Crippen LogP) is 4.19. The van der Waals surface area contributed by atoms with Gasteiger partial charge >= 0.3 is 0 Å². The molecule has 3 heterocycles. The lowest BCUT2D eigenvalue weighted by Crippen LogP contribution is -2.38. The molecule has 0 aliphatic carbocycles. The number of nitrogens with zero attached hydrogens (tertiary/aromatic N) is 3. The van der Waals surface area contributed by atoms with Gasteiger partial charge in [0.25, 0.3) is 5.56 Å². The summed E-state index contributed by atoms with van der Waals surface area (Å²) in [7, 11) is 0. The number of hydrogen-bond acceptors (Lipinski definition) is 4. The minimum absolute atomic E-state index is 0.0797. The van der Waals surface area contributed by atoms with Gasteiger partial charge in [0.1, 0.15) is 5.75 Å². The second kappa shape index (κ2) is 8.84. The fraction of sp³-hybridized carbons (Fsp3) is 0.360. The van der Waals surface area contributed by atoms with E-state index in [0.717, 1.165) is 42.8 Å². The molecule has 1 saturated heterocycles. The molecule has 3 aromatic rings. The van der Waals surface area contributed by atoms with E-state index in [4.69, 9.17) is 0 Å². The molecule has 0 saturated carbocycles. The van der Waals surface area contributed by atoms with Gasteiger partial charge in [0.2, 0.25) is 0 Å². The Kier molecular flexibility index (Phi) is 6.00. The monoisotopic (exact) mass is 403 g/mol. The highest BCUT2D eigenvalue weighted by Crippen LogP contribution is 2.34. The molecule has 1 aliphatic rings. The Morgan fingerprint density at radius 3 is 2.47 bits per heavy atom. The van der Waals surface area contributed by atoms with Gasteiger partial charge in [-0.15, -0.1) is 0 Å². The van der Waals surface area contributed by atoms with Crippen LogP contribution in [0.15, 0.2) is 59.7 Å². The molecule has 0 spiro atoms. The van der Waals surface area contributed by atoms with Crippen LogP contribution in [0.5, 0.6) is 5.75 Å². The summed E-state index contributed by atoms with van der Waals surface area (Å²) < 4.78 is 1.75. The van der Waals surface area contributed by atoms with Crippen LogP contribution >= 0.6 is 0 Å². The largest absolute Gasteiger partial charge is 0.507 e. The molecule has 1 fully saturated rings. The highest BCUT2D eigenvalue weighted by Gasteiger charge is 2.30. The average molecular weight is 404 g/mol. The van der Waals surface area contributed by atoms with Crippen molar-refractivity contribution in [1.82, 2.24) is 14.5 Å². The van der Waals surface area contributed by atoms with Crippen molar-refractivity contribution in [1.29, 1.82) is 0 Å². The first-order valence-corrected chi connectivity index (χ1v) is 10.7. The Balaban J connectivity index is 1.84. The van der Waals surface area contributed by atoms with Crippen molar-refractivity contribution in [3.63, 3.8) is 0 Å². The second-order valence-electron chi connectivity index (χ2n) is 8.25. The molecule has 2 aromatic heterocycles. The van der Waals surface area contributed by atoms with Crippen LogP contribution < -0.4 is 5.56 Å². The van der Waals surface area contributed by atoms with Gasteiger partial charge in [-0.25, -0.2) is 0 Å². The first-order valence-electron chi connectivity index (χ1n) is 10.7. The Morgan fingerprint density at radius 1 is 1.07 bits per heavy atom. The van der Waals surface area contributed by atoms with Crippen molar-refractivity contribution in [3.8, 4) is 5.75 Å². The van der Waals surface area contributed by atoms with Crippen LogP contribution in [0.4, 0.5) is 0 Å². The van der Waals surface area contributed by atoms with Gasteiger partial charge in [-0.05, 0) is 63.0 Å². The Bertz CT molecular complexity index is 1050. The number of piperidine rings is 1. The van der Waals surface area contributed by atoms with E-state index in [9.17, 15) is 9.90 Å². The maximum atomic E-state index is 13.7. The average Bonchev–Trinajstić information content (AvgIpc) is 2.76. The Hall–Kier alpha value is -2.92. The van der Waals surface area contributed by atoms with Crippen molar-refractivity contribution in [3.05, 3.63) is 93.2 Å². The van der Waals surface area contributed by atoms with Gasteiger partial charge in [0.05, 0.1) is 18.2 Å². The summed E-state index contributed by atoms with van der Waals surface area (Å²) in [6.45, 7) is 6.21. The minimum atomic E-state index is -0.251. The molecule has 5 heteroatoms. The smallest absolute Gasteiger partial charge is 0.259 e. The summed E-state index contributed by atoms with van der Waals surface area (Å²) in [6, 6.07) is 13.6. The Morgan fingerprint density at radius 2 is 1.80 bits per heavy atom. The molecule has 5 nitrogen and oxygen atoms in total. The zero-order valence-electron chi connectivity index (χ0n) is 17.7. The lowest BCUT2D eigenvalue weighted by Gasteiger charge is -2.35. The number of aromatic hydroxyl groups is 1. The number of aromatic nitrogens is 2. The van der Waals surface area contributed by atoms with Crippen LogP contribution in [-0.4, -0.2) is 32.6 Å². The molecule has 1 aliphatic heterocycles. The maximum absolute atomic E-state index is 13.7. The Labute approximate surface area is 177 Å². The highest BCUT2D eigenvalue weighted by molar-refractivity contribution is 5.42. The molecule has 0 unspecified atom stereocenters. The van der Waals surface area contributed by atoms with Gasteiger partial charge in [0, 0.05) is 18.1 Å². The summed E-state index contributed by atoms with van der Waals surface area (Å²) >= 11 is 0. The fourth-order valence-corrected chi connectivity index (χ4v) is 4.38. The van der Waals surface area contributed by atoms with Crippen LogP contribution in [0.2, 0.25) is 0 Å². The van der Waals surface area contributed by atoms with Crippen LogP contribution in [-0.2, 0) is 6.54 Å². The van der Waals surface area contributed by atoms with Gasteiger partial charge in [0.15, 0.2) is 0 Å². The minimum Gasteiger partial charge on any atom is -0.507 e. The first-order chi connectivity index (χ1) is 14.5. The molecule has 0 amide bonds. The van der Waals surface area contributed by atoms with E-state index in [2.05, 4.69) is 41.1 Å². The second-order valence-corrected chi connectivity index (χ2v) is 8.25. The standard InChI is InChI=1S/C25H29N3O2/c1-18-8-10-21(11-9-18)24(27-13-4-3-5-14-27)23-22(29)15-19(2)28(25(23)30)17-20-7-6-12-26-16-20/h6-12,15-16,24,29H,3-5,13-14,17H2,1-2H3/t24-/m1/s1. The summed E-state index contributed by atoms with van der Waals surface area (Å²) in [5.74, 6) is 0.0797. The topological polar surface area (TPSA) is 58.4 Å². The van der Waals surface area contributed by atoms with E-state index < -0.39 is 0 Å². The van der Waals surface area contributed by atoms with Gasteiger partial charge in [-0.2, -0.15) is 0 Å². The lowest BCUT2D eigenvalue weighted by molar-refractivity contribution is 0.183. The van der Waals surface area contributed by atoms with Crippen LogP contribution in [0.25, 0.3) is 0 Å². The van der Waals surface area contributed by atoms with E-state index in [1.54, 1.807) is 23.0 Å². The van der Waals surface area contributed by atoms with Crippen molar-refractivity contribution in [2.24, 2.45) is 0 Å². The van der Waals surface area contributed by atoms with Gasteiger partial charge in [-0.3, -0.25) is 14.7 Å². The number of hydrogen-bond donors (Lipinski definition) is 1. The fourth-order valence-electron chi connectivity index (χ4n) is 4.38. The SMILES string of the molecule is Cc1ccc([C@H](c2c(O)cc(C)n(Cc3cccnc3)c2=O)N2CCCCC2)cc1. The first kappa shape index (κ1) is 20.4. The van der Waals surface area contributed by atoms with Crippen molar-refractivity contribution in [2.75, 3.05) is 13.1 Å². The predicted molar refractivity (Wildman–Crippen MR) is 119 cm³/mol. The molecular formula is C25H29N3O2. The van der Waals surface area contributed by atoms with E-state index in [1.807, 2.05) is 19.1 Å². The zero-order chi connectivity index (χ0) is 21.1. The zero-order valence-corrected chi connectivity index (χ0v) is 17.7. The third-order valence-corrected chi connectivity index (χ3v) is 6.01. The molecule has 4 rings (SSSR count). The van der Waals surface area contributed by atoms with Gasteiger partial charge in [-0.1, -0.05) is 42.3 Å². The van der Waals surface area contributed by atoms with Crippen molar-refractivity contribution >= 4 is 0 Å². The summed E-state index contributed by atoms with van der Waals surface area (Å²) in [4.78, 5) is 20.2. The molecule has 1 aromatic carbocycles. The normalized spacial score (nSPS) is 15.8. The molecule has 156 valence electrons. The number of benzene rings is 1. The third kappa shape index (κ3) is 4.17. The highest BCUT2D eigenvalue weighted by atomic mass is 16.3. The van der Waals surface area contributed by atoms with Crippen LogP contribution in [0.1, 0.15) is 53.3 Å². The number of aryl methyl sites for hydroxylation is 2. The van der Waals surface area contributed by atoms with Crippen LogP contribution in [0, 0.1) is 13.8 Å². The molecule has 0 radical (unpaired) electrons. The summed E-state index contributed by atoms with van der Waals surface area (Å²) in [6.07, 6.45) is 6.94. The van der Waals surface area contributed by atoms with E-state index >= 15 is 0 Å². The van der Waals surface area contributed by atoms with Crippen molar-refractivity contribution in [2.45, 2.75) is 45.7 Å². The number of pyridine rings is 2. The van der Waals surface area contributed by atoms with Crippen LogP contribution in [0.3, 0.4) is 0 Å². The number of rotatable bonds is 5. The van der Waals surface area contributed by atoms with E-state index in [1.165, 1.54) is 12.0 Å². The lowest BCUT2D eigenvalue weighted by atomic mass is 9.94. The third-order valence-electron chi connectivity index (χ3n) is 6.01. The molecule has 1 atom stereocenters. The van der Waals surface area contributed by atoms with Gasteiger partial charge < -0.3 is 9.67 Å². The summed E-state index contributed by atoms with van der Waals surface area (Å²) in [5.41, 5.74) is 4.27. The van der Waals surface area contributed by atoms with Crippen molar-refractivity contribution < 1.29 is 5.11 Å². The molecule has 1 N–H and O–H groups in total. The number of likely N-dealkylation sites (tertiary alicyclic amines) is 1. The summed E-state index contributed by atoms with van der Waals surface area (Å²) in [5, 5.41) is 10.9.